The summed E-state index contributed by atoms with van der Waals surface area (Å²) in [5.41, 5.74) is 1.47. The molecule has 0 aromatic carbocycles. The monoisotopic (exact) mass is 192 g/mol. The quantitative estimate of drug-likeness (QED) is 0.732. The van der Waals surface area contributed by atoms with Gasteiger partial charge in [-0.3, -0.25) is 4.68 Å². The molecule has 4 nitrogen and oxygen atoms in total. The van der Waals surface area contributed by atoms with E-state index >= 15 is 0 Å². The average Bonchev–Trinajstić information content (AvgIpc) is 2.38. The van der Waals surface area contributed by atoms with Crippen molar-refractivity contribution >= 4 is 5.97 Å². The molecular weight excluding hydrogens is 180 g/mol. The molecule has 0 amide bonds. The molecule has 0 bridgehead atoms. The van der Waals surface area contributed by atoms with E-state index in [2.05, 4.69) is 11.0 Å². The highest BCUT2D eigenvalue weighted by Gasteiger charge is 2.16. The number of nitrogens with zero attached hydrogens (tertiary/aromatic N) is 2. The predicted octanol–water partition coefficient (Wildman–Crippen LogP) is 1.22. The van der Waals surface area contributed by atoms with Crippen molar-refractivity contribution in [3.8, 4) is 12.3 Å². The zero-order valence-electron chi connectivity index (χ0n) is 8.24. The van der Waals surface area contributed by atoms with Gasteiger partial charge in [-0.25, -0.2) is 4.79 Å². The van der Waals surface area contributed by atoms with Crippen molar-refractivity contribution in [1.82, 2.24) is 9.78 Å². The Labute approximate surface area is 82.5 Å². The van der Waals surface area contributed by atoms with Crippen molar-refractivity contribution in [2.75, 3.05) is 0 Å². The minimum Gasteiger partial charge on any atom is -0.478 e. The Hall–Kier alpha value is -1.76. The third kappa shape index (κ3) is 1.77. The second-order valence-electron chi connectivity index (χ2n) is 3.03. The Balaban J connectivity index is 3.05. The molecular formula is C10H12N2O2. The highest BCUT2D eigenvalue weighted by Crippen LogP contribution is 2.12. The Kier molecular flexibility index (Phi) is 2.92. The van der Waals surface area contributed by atoms with Crippen molar-refractivity contribution < 1.29 is 9.90 Å². The number of carboxylic acids is 1. The van der Waals surface area contributed by atoms with Crippen molar-refractivity contribution in [3.63, 3.8) is 0 Å². The number of carbonyl (C=O) groups is 1. The van der Waals surface area contributed by atoms with Crippen molar-refractivity contribution in [2.45, 2.75) is 26.8 Å². The molecule has 0 aliphatic heterocycles. The van der Waals surface area contributed by atoms with Gasteiger partial charge in [0.1, 0.15) is 5.56 Å². The van der Waals surface area contributed by atoms with Crippen LogP contribution in [0.3, 0.4) is 0 Å². The number of rotatable bonds is 3. The van der Waals surface area contributed by atoms with E-state index in [0.29, 0.717) is 24.4 Å². The van der Waals surface area contributed by atoms with Gasteiger partial charge < -0.3 is 5.11 Å². The smallest absolute Gasteiger partial charge is 0.339 e. The molecule has 0 fully saturated rings. The van der Waals surface area contributed by atoms with Crippen LogP contribution in [0.2, 0.25) is 0 Å². The summed E-state index contributed by atoms with van der Waals surface area (Å²) in [4.78, 5) is 10.8. The van der Waals surface area contributed by atoms with Crippen molar-refractivity contribution in [3.05, 3.63) is 17.0 Å². The van der Waals surface area contributed by atoms with Gasteiger partial charge in [-0.15, -0.1) is 12.3 Å². The van der Waals surface area contributed by atoms with E-state index in [1.165, 1.54) is 0 Å². The molecule has 0 aliphatic carbocycles. The largest absolute Gasteiger partial charge is 0.478 e. The minimum atomic E-state index is -0.938. The molecule has 0 radical (unpaired) electrons. The summed E-state index contributed by atoms with van der Waals surface area (Å²) in [5, 5.41) is 13.0. The molecule has 14 heavy (non-hydrogen) atoms. The fourth-order valence-corrected chi connectivity index (χ4v) is 1.39. The first kappa shape index (κ1) is 10.3. The van der Waals surface area contributed by atoms with Crippen LogP contribution in [0.5, 0.6) is 0 Å². The van der Waals surface area contributed by atoms with E-state index < -0.39 is 5.97 Å². The third-order valence-corrected chi connectivity index (χ3v) is 2.06. The summed E-state index contributed by atoms with van der Waals surface area (Å²) >= 11 is 0. The number of hydrogen-bond donors (Lipinski definition) is 1. The first-order valence-electron chi connectivity index (χ1n) is 4.28. The molecule has 1 rings (SSSR count). The number of hydrogen-bond acceptors (Lipinski definition) is 2. The van der Waals surface area contributed by atoms with Crippen LogP contribution in [0.25, 0.3) is 0 Å². The standard InChI is InChI=1S/C10H12N2O2/c1-4-5-6-12-8(3)9(10(13)14)7(2)11-12/h1H,5-6H2,2-3H3,(H,13,14). The number of aromatic carboxylic acids is 1. The van der Waals surface area contributed by atoms with E-state index in [-0.39, 0.29) is 5.56 Å². The van der Waals surface area contributed by atoms with Crippen LogP contribution in [-0.4, -0.2) is 20.9 Å². The molecule has 0 spiro atoms. The van der Waals surface area contributed by atoms with Gasteiger partial charge in [0.2, 0.25) is 0 Å². The molecule has 0 saturated heterocycles. The number of carboxylic acid groups (broad SMARTS) is 1. The molecule has 1 aromatic heterocycles. The highest BCUT2D eigenvalue weighted by molar-refractivity contribution is 5.90. The van der Waals surface area contributed by atoms with Crippen LogP contribution in [0.1, 0.15) is 28.2 Å². The van der Waals surface area contributed by atoms with Crippen LogP contribution in [0.15, 0.2) is 0 Å². The van der Waals surface area contributed by atoms with Crippen molar-refractivity contribution in [1.29, 1.82) is 0 Å². The first-order chi connectivity index (χ1) is 6.57. The summed E-state index contributed by atoms with van der Waals surface area (Å²) in [7, 11) is 0. The normalized spacial score (nSPS) is 9.79. The molecule has 0 aliphatic rings. The highest BCUT2D eigenvalue weighted by atomic mass is 16.4. The van der Waals surface area contributed by atoms with Crippen LogP contribution in [-0.2, 0) is 6.54 Å². The third-order valence-electron chi connectivity index (χ3n) is 2.06. The topological polar surface area (TPSA) is 55.1 Å². The van der Waals surface area contributed by atoms with E-state index in [9.17, 15) is 4.79 Å². The van der Waals surface area contributed by atoms with Crippen LogP contribution >= 0.6 is 0 Å². The second kappa shape index (κ2) is 3.97. The summed E-state index contributed by atoms with van der Waals surface area (Å²) in [6.07, 6.45) is 5.68. The average molecular weight is 192 g/mol. The fraction of sp³-hybridized carbons (Fsp3) is 0.400. The van der Waals surface area contributed by atoms with Gasteiger partial charge in [0.15, 0.2) is 0 Å². The van der Waals surface area contributed by atoms with E-state index in [4.69, 9.17) is 11.5 Å². The molecule has 1 aromatic rings. The Morgan fingerprint density at radius 2 is 2.29 bits per heavy atom. The summed E-state index contributed by atoms with van der Waals surface area (Å²) in [5.74, 6) is 1.56. The lowest BCUT2D eigenvalue weighted by Gasteiger charge is -2.00. The van der Waals surface area contributed by atoms with Crippen LogP contribution in [0.4, 0.5) is 0 Å². The summed E-state index contributed by atoms with van der Waals surface area (Å²) < 4.78 is 1.64. The van der Waals surface area contributed by atoms with E-state index in [1.807, 2.05) is 0 Å². The summed E-state index contributed by atoms with van der Waals surface area (Å²) in [6.45, 7) is 3.99. The molecule has 1 heterocycles. The zero-order chi connectivity index (χ0) is 10.7. The maximum absolute atomic E-state index is 10.8. The van der Waals surface area contributed by atoms with Gasteiger partial charge in [0, 0.05) is 6.42 Å². The molecule has 1 N–H and O–H groups in total. The lowest BCUT2D eigenvalue weighted by Crippen LogP contribution is -2.04. The maximum Gasteiger partial charge on any atom is 0.339 e. The summed E-state index contributed by atoms with van der Waals surface area (Å²) in [6, 6.07) is 0. The Bertz CT molecular complexity index is 399. The molecule has 4 heteroatoms. The molecule has 0 atom stereocenters. The SMILES string of the molecule is C#CCCn1nc(C)c(C(=O)O)c1C. The van der Waals surface area contributed by atoms with Crippen molar-refractivity contribution in [2.24, 2.45) is 0 Å². The van der Waals surface area contributed by atoms with Gasteiger partial charge in [-0.1, -0.05) is 0 Å². The van der Waals surface area contributed by atoms with Gasteiger partial charge in [0.25, 0.3) is 0 Å². The van der Waals surface area contributed by atoms with E-state index in [1.54, 1.807) is 18.5 Å². The van der Waals surface area contributed by atoms with Gasteiger partial charge >= 0.3 is 5.97 Å². The molecule has 74 valence electrons. The first-order valence-corrected chi connectivity index (χ1v) is 4.28. The van der Waals surface area contributed by atoms with Crippen LogP contribution in [0, 0.1) is 26.2 Å². The Morgan fingerprint density at radius 3 is 2.71 bits per heavy atom. The Morgan fingerprint density at radius 1 is 1.64 bits per heavy atom. The zero-order valence-corrected chi connectivity index (χ0v) is 8.24. The van der Waals surface area contributed by atoms with Crippen LogP contribution < -0.4 is 0 Å². The van der Waals surface area contributed by atoms with Gasteiger partial charge in [-0.05, 0) is 13.8 Å². The molecule has 0 unspecified atom stereocenters. The minimum absolute atomic E-state index is 0.280. The van der Waals surface area contributed by atoms with Gasteiger partial charge in [-0.2, -0.15) is 5.10 Å². The fourth-order valence-electron chi connectivity index (χ4n) is 1.39. The lowest BCUT2D eigenvalue weighted by molar-refractivity contribution is 0.0695. The number of terminal acetylenes is 1. The maximum atomic E-state index is 10.8. The van der Waals surface area contributed by atoms with E-state index in [0.717, 1.165) is 0 Å². The predicted molar refractivity (Wildman–Crippen MR) is 52.1 cm³/mol. The second-order valence-corrected chi connectivity index (χ2v) is 3.03. The number of aromatic nitrogens is 2. The number of aryl methyl sites for hydroxylation is 2. The van der Waals surface area contributed by atoms with Gasteiger partial charge in [0.05, 0.1) is 17.9 Å². The molecule has 0 saturated carbocycles. The lowest BCUT2D eigenvalue weighted by atomic mass is 10.2.